The van der Waals surface area contributed by atoms with Crippen LogP contribution in [0.3, 0.4) is 0 Å². The van der Waals surface area contributed by atoms with Crippen LogP contribution in [0.1, 0.15) is 19.4 Å². The van der Waals surface area contributed by atoms with Crippen molar-refractivity contribution >= 4 is 0 Å². The molecule has 4 nitrogen and oxygen atoms in total. The third-order valence-corrected chi connectivity index (χ3v) is 2.47. The summed E-state index contributed by atoms with van der Waals surface area (Å²) in [6, 6.07) is 0. The predicted molar refractivity (Wildman–Crippen MR) is 51.0 cm³/mol. The van der Waals surface area contributed by atoms with Gasteiger partial charge in [-0.25, -0.2) is 0 Å². The number of nitrogens with two attached hydrogens (primary N) is 1. The molecular weight excluding hydrogens is 166 g/mol. The first-order chi connectivity index (χ1) is 6.00. The molecule has 0 aromatic carbocycles. The summed E-state index contributed by atoms with van der Waals surface area (Å²) in [5.74, 6) is 0.0849. The molecule has 0 aliphatic rings. The maximum atomic E-state index is 10.2. The van der Waals surface area contributed by atoms with Crippen LogP contribution in [-0.2, 0) is 12.6 Å². The smallest absolute Gasteiger partial charge is 0.107 e. The van der Waals surface area contributed by atoms with E-state index in [1.165, 1.54) is 0 Å². The van der Waals surface area contributed by atoms with Gasteiger partial charge in [-0.1, -0.05) is 13.8 Å². The van der Waals surface area contributed by atoms with Crippen molar-refractivity contribution in [2.24, 2.45) is 18.7 Å². The molecule has 1 heterocycles. The molecular formula is C9H17N3O. The predicted octanol–water partition coefficient (Wildman–Crippen LogP) is 0.222. The van der Waals surface area contributed by atoms with E-state index >= 15 is 0 Å². The number of nitrogens with zero attached hydrogens (tertiary/aromatic N) is 2. The quantitative estimate of drug-likeness (QED) is 0.704. The number of hydrogen-bond donors (Lipinski definition) is 2. The number of rotatable bonds is 3. The zero-order valence-electron chi connectivity index (χ0n) is 8.36. The van der Waals surface area contributed by atoms with Crippen LogP contribution in [0.5, 0.6) is 0 Å². The van der Waals surface area contributed by atoms with Crippen LogP contribution in [-0.4, -0.2) is 21.4 Å². The highest BCUT2D eigenvalue weighted by molar-refractivity contribution is 5.16. The molecule has 1 unspecified atom stereocenters. The molecule has 3 N–H and O–H groups in total. The Morgan fingerprint density at radius 1 is 1.69 bits per heavy atom. The molecule has 0 aliphatic heterocycles. The Labute approximate surface area is 78.4 Å². The fraction of sp³-hybridized carbons (Fsp3) is 0.667. The van der Waals surface area contributed by atoms with Crippen molar-refractivity contribution in [2.75, 3.05) is 6.54 Å². The maximum absolute atomic E-state index is 10.2. The number of aliphatic hydroxyl groups is 1. The molecule has 0 bridgehead atoms. The summed E-state index contributed by atoms with van der Waals surface area (Å²) >= 11 is 0. The number of hydrogen-bond acceptors (Lipinski definition) is 3. The Hall–Kier alpha value is -0.870. The van der Waals surface area contributed by atoms with Crippen LogP contribution >= 0.6 is 0 Å². The van der Waals surface area contributed by atoms with Gasteiger partial charge in [0.25, 0.3) is 0 Å². The summed E-state index contributed by atoms with van der Waals surface area (Å²) in [7, 11) is 1.82. The molecule has 13 heavy (non-hydrogen) atoms. The average molecular weight is 183 g/mol. The summed E-state index contributed by atoms with van der Waals surface area (Å²) < 4.78 is 1.67. The second kappa shape index (κ2) is 3.47. The van der Waals surface area contributed by atoms with Gasteiger partial charge in [0.15, 0.2) is 0 Å². The van der Waals surface area contributed by atoms with E-state index < -0.39 is 5.60 Å². The second-order valence-corrected chi connectivity index (χ2v) is 3.69. The first-order valence-electron chi connectivity index (χ1n) is 4.42. The normalized spacial score (nSPS) is 16.2. The lowest BCUT2D eigenvalue weighted by molar-refractivity contribution is -0.00120. The first kappa shape index (κ1) is 10.2. The van der Waals surface area contributed by atoms with Crippen LogP contribution < -0.4 is 5.73 Å². The average Bonchev–Trinajstić information content (AvgIpc) is 2.50. The van der Waals surface area contributed by atoms with E-state index in [9.17, 15) is 5.11 Å². The second-order valence-electron chi connectivity index (χ2n) is 3.69. The van der Waals surface area contributed by atoms with Gasteiger partial charge in [-0.3, -0.25) is 4.68 Å². The summed E-state index contributed by atoms with van der Waals surface area (Å²) in [4.78, 5) is 0. The largest absolute Gasteiger partial charge is 0.383 e. The van der Waals surface area contributed by atoms with E-state index in [1.54, 1.807) is 17.1 Å². The molecule has 1 aromatic heterocycles. The minimum absolute atomic E-state index is 0.0849. The summed E-state index contributed by atoms with van der Waals surface area (Å²) in [6.07, 6.45) is 3.46. The number of aryl methyl sites for hydroxylation is 1. The zero-order valence-corrected chi connectivity index (χ0v) is 8.36. The molecule has 1 atom stereocenters. The Morgan fingerprint density at radius 2 is 2.31 bits per heavy atom. The number of aromatic nitrogens is 2. The molecule has 0 saturated carbocycles. The minimum atomic E-state index is -0.950. The van der Waals surface area contributed by atoms with Crippen LogP contribution in [0, 0.1) is 5.92 Å². The standard InChI is InChI=1S/C9H17N3O/c1-7(2)9(13,6-10)8-4-11-12(3)5-8/h4-5,7,13H,6,10H2,1-3H3. The zero-order chi connectivity index (χ0) is 10.1. The van der Waals surface area contributed by atoms with Gasteiger partial charge in [-0.2, -0.15) is 5.10 Å². The van der Waals surface area contributed by atoms with Crippen molar-refractivity contribution in [3.63, 3.8) is 0 Å². The highest BCUT2D eigenvalue weighted by atomic mass is 16.3. The van der Waals surface area contributed by atoms with Crippen LogP contribution in [0.2, 0.25) is 0 Å². The molecule has 4 heteroatoms. The van der Waals surface area contributed by atoms with E-state index in [0.717, 1.165) is 5.56 Å². The van der Waals surface area contributed by atoms with Crippen molar-refractivity contribution in [2.45, 2.75) is 19.4 Å². The highest BCUT2D eigenvalue weighted by Gasteiger charge is 2.32. The Bertz CT molecular complexity index is 282. The SMILES string of the molecule is CC(C)C(O)(CN)c1cnn(C)c1. The van der Waals surface area contributed by atoms with Gasteiger partial charge >= 0.3 is 0 Å². The van der Waals surface area contributed by atoms with Crippen LogP contribution in [0.4, 0.5) is 0 Å². The first-order valence-corrected chi connectivity index (χ1v) is 4.42. The Balaban J connectivity index is 3.02. The van der Waals surface area contributed by atoms with Gasteiger partial charge in [0, 0.05) is 25.4 Å². The van der Waals surface area contributed by atoms with Crippen molar-refractivity contribution in [3.05, 3.63) is 18.0 Å². The third-order valence-electron chi connectivity index (χ3n) is 2.47. The minimum Gasteiger partial charge on any atom is -0.383 e. The lowest BCUT2D eigenvalue weighted by Crippen LogP contribution is -2.39. The van der Waals surface area contributed by atoms with Gasteiger partial charge in [0.1, 0.15) is 5.60 Å². The molecule has 0 aliphatic carbocycles. The molecule has 0 fully saturated rings. The molecule has 0 saturated heterocycles. The summed E-state index contributed by atoms with van der Waals surface area (Å²) in [6.45, 7) is 4.11. The Morgan fingerprint density at radius 3 is 2.62 bits per heavy atom. The molecule has 0 amide bonds. The third kappa shape index (κ3) is 1.73. The van der Waals surface area contributed by atoms with Crippen molar-refractivity contribution in [1.29, 1.82) is 0 Å². The van der Waals surface area contributed by atoms with Gasteiger partial charge in [-0.05, 0) is 5.92 Å². The monoisotopic (exact) mass is 183 g/mol. The van der Waals surface area contributed by atoms with E-state index in [4.69, 9.17) is 5.73 Å². The maximum Gasteiger partial charge on any atom is 0.107 e. The highest BCUT2D eigenvalue weighted by Crippen LogP contribution is 2.27. The fourth-order valence-electron chi connectivity index (χ4n) is 1.33. The summed E-state index contributed by atoms with van der Waals surface area (Å²) in [5.41, 5.74) is 5.40. The van der Waals surface area contributed by atoms with Crippen LogP contribution in [0.15, 0.2) is 12.4 Å². The van der Waals surface area contributed by atoms with Gasteiger partial charge < -0.3 is 10.8 Å². The van der Waals surface area contributed by atoms with E-state index in [1.807, 2.05) is 20.9 Å². The fourth-order valence-corrected chi connectivity index (χ4v) is 1.33. The van der Waals surface area contributed by atoms with Crippen LogP contribution in [0.25, 0.3) is 0 Å². The van der Waals surface area contributed by atoms with Gasteiger partial charge in [0.05, 0.1) is 6.20 Å². The molecule has 0 radical (unpaired) electrons. The lowest BCUT2D eigenvalue weighted by Gasteiger charge is -2.29. The van der Waals surface area contributed by atoms with Crippen molar-refractivity contribution < 1.29 is 5.11 Å². The van der Waals surface area contributed by atoms with E-state index in [0.29, 0.717) is 0 Å². The molecule has 1 rings (SSSR count). The van der Waals surface area contributed by atoms with Gasteiger partial charge in [-0.15, -0.1) is 0 Å². The summed E-state index contributed by atoms with van der Waals surface area (Å²) in [5, 5.41) is 14.2. The molecule has 0 spiro atoms. The lowest BCUT2D eigenvalue weighted by atomic mass is 9.85. The van der Waals surface area contributed by atoms with Crippen molar-refractivity contribution in [1.82, 2.24) is 9.78 Å². The van der Waals surface area contributed by atoms with E-state index in [2.05, 4.69) is 5.10 Å². The van der Waals surface area contributed by atoms with Gasteiger partial charge in [0.2, 0.25) is 0 Å². The van der Waals surface area contributed by atoms with Crippen molar-refractivity contribution in [3.8, 4) is 0 Å². The molecule has 74 valence electrons. The Kier molecular flexibility index (Phi) is 2.73. The topological polar surface area (TPSA) is 64.1 Å². The van der Waals surface area contributed by atoms with E-state index in [-0.39, 0.29) is 12.5 Å². The molecule has 1 aromatic rings.